The van der Waals surface area contributed by atoms with Crippen LogP contribution in [0.4, 0.5) is 0 Å². The van der Waals surface area contributed by atoms with Crippen LogP contribution in [0.1, 0.15) is 48.7 Å². The second kappa shape index (κ2) is 7.79. The van der Waals surface area contributed by atoms with E-state index in [1.54, 1.807) is 18.2 Å². The van der Waals surface area contributed by atoms with Gasteiger partial charge in [-0.3, -0.25) is 0 Å². The molecule has 5 atom stereocenters. The van der Waals surface area contributed by atoms with Gasteiger partial charge in [-0.15, -0.1) is 0 Å². The number of carbonyl (C=O) groups is 1. The molecule has 2 fully saturated rings. The first-order valence-electron chi connectivity index (χ1n) is 11.3. The molecule has 3 heterocycles. The highest BCUT2D eigenvalue weighted by molar-refractivity contribution is 7.90. The van der Waals surface area contributed by atoms with Crippen molar-refractivity contribution in [2.45, 2.75) is 68.1 Å². The van der Waals surface area contributed by atoms with E-state index in [1.807, 2.05) is 48.5 Å². The molecule has 5 rings (SSSR count). The molecule has 2 saturated heterocycles. The number of hydrogen-bond acceptors (Lipinski definition) is 5. The summed E-state index contributed by atoms with van der Waals surface area (Å²) in [6.07, 6.45) is 3.35. The van der Waals surface area contributed by atoms with Gasteiger partial charge >= 0.3 is 5.97 Å². The third-order valence-electron chi connectivity index (χ3n) is 6.90. The summed E-state index contributed by atoms with van der Waals surface area (Å²) in [6.45, 7) is 6.34. The number of fused-ring (bicyclic) bond motifs is 1. The van der Waals surface area contributed by atoms with Crippen molar-refractivity contribution in [2.75, 3.05) is 0 Å². The van der Waals surface area contributed by atoms with Gasteiger partial charge in [0.1, 0.15) is 10.9 Å². The maximum atomic E-state index is 13.2. The van der Waals surface area contributed by atoms with E-state index < -0.39 is 39.0 Å². The fourth-order valence-corrected chi connectivity index (χ4v) is 7.16. The summed E-state index contributed by atoms with van der Waals surface area (Å²) in [5.41, 5.74) is 1.30. The SMILES string of the molecule is CC(C)(C)c1ccc(C(=O)O[C@H]2[C@H](Cc3ccccc3)NS(=O)(=O)[C@H]3C[C@H]4C=C[C@]23O4)cc1. The highest BCUT2D eigenvalue weighted by Gasteiger charge is 2.66. The quantitative estimate of drug-likeness (QED) is 0.550. The van der Waals surface area contributed by atoms with Gasteiger partial charge in [-0.2, -0.15) is 0 Å². The van der Waals surface area contributed by atoms with E-state index in [1.165, 1.54) is 0 Å². The number of sulfonamides is 1. The first kappa shape index (κ1) is 22.3. The molecule has 0 unspecified atom stereocenters. The van der Waals surface area contributed by atoms with E-state index in [9.17, 15) is 13.2 Å². The number of carbonyl (C=O) groups excluding carboxylic acids is 1. The normalized spacial score (nSPS) is 31.8. The van der Waals surface area contributed by atoms with Crippen LogP contribution in [-0.4, -0.2) is 43.5 Å². The van der Waals surface area contributed by atoms with Crippen molar-refractivity contribution in [2.24, 2.45) is 0 Å². The summed E-state index contributed by atoms with van der Waals surface area (Å²) in [5.74, 6) is -0.486. The van der Waals surface area contributed by atoms with Gasteiger partial charge < -0.3 is 9.47 Å². The van der Waals surface area contributed by atoms with Crippen molar-refractivity contribution in [3.8, 4) is 0 Å². The number of benzene rings is 2. The highest BCUT2D eigenvalue weighted by Crippen LogP contribution is 2.48. The Hall–Kier alpha value is -2.48. The van der Waals surface area contributed by atoms with Gasteiger partial charge in [-0.1, -0.05) is 69.3 Å². The maximum absolute atomic E-state index is 13.2. The molecule has 6 nitrogen and oxygen atoms in total. The summed E-state index contributed by atoms with van der Waals surface area (Å²) in [5, 5.41) is -0.784. The zero-order valence-electron chi connectivity index (χ0n) is 19.0. The first-order chi connectivity index (χ1) is 15.6. The molecule has 1 N–H and O–H groups in total. The lowest BCUT2D eigenvalue weighted by molar-refractivity contribution is -0.0867. The van der Waals surface area contributed by atoms with E-state index in [0.29, 0.717) is 18.4 Å². The van der Waals surface area contributed by atoms with Crippen molar-refractivity contribution < 1.29 is 22.7 Å². The Labute approximate surface area is 195 Å². The molecule has 0 saturated carbocycles. The van der Waals surface area contributed by atoms with Crippen molar-refractivity contribution in [1.29, 1.82) is 0 Å². The standard InChI is InChI=1S/C26H29NO5S/c1-25(2,3)19-11-9-18(10-12-19)24(28)31-23-21(15-17-7-5-4-6-8-17)27-33(29,30)22-16-20-13-14-26(22,23)32-20/h4-14,20-23,27H,15-16H2,1-3H3/t20-,21+,22+,23+,26-/m1/s1. The van der Waals surface area contributed by atoms with E-state index in [-0.39, 0.29) is 11.5 Å². The van der Waals surface area contributed by atoms with Crippen molar-refractivity contribution >= 4 is 16.0 Å². The zero-order chi connectivity index (χ0) is 23.4. The molecule has 174 valence electrons. The Balaban J connectivity index is 1.48. The lowest BCUT2D eigenvalue weighted by Gasteiger charge is -2.45. The lowest BCUT2D eigenvalue weighted by Crippen LogP contribution is -2.68. The van der Waals surface area contributed by atoms with Crippen LogP contribution in [0.2, 0.25) is 0 Å². The van der Waals surface area contributed by atoms with Crippen LogP contribution in [0, 0.1) is 0 Å². The average Bonchev–Trinajstić information content (AvgIpc) is 3.36. The molecule has 7 heteroatoms. The Bertz CT molecular complexity index is 1180. The molecular formula is C26H29NO5S. The molecule has 0 aliphatic carbocycles. The molecule has 2 aromatic rings. The minimum atomic E-state index is -3.64. The van der Waals surface area contributed by atoms with Gasteiger partial charge in [-0.25, -0.2) is 17.9 Å². The minimum Gasteiger partial charge on any atom is -0.454 e. The van der Waals surface area contributed by atoms with Gasteiger partial charge in [0.25, 0.3) is 0 Å². The van der Waals surface area contributed by atoms with Crippen LogP contribution in [0.3, 0.4) is 0 Å². The maximum Gasteiger partial charge on any atom is 0.338 e. The summed E-state index contributed by atoms with van der Waals surface area (Å²) in [7, 11) is -3.64. The van der Waals surface area contributed by atoms with Crippen LogP contribution in [0.15, 0.2) is 66.7 Å². The topological polar surface area (TPSA) is 81.7 Å². The van der Waals surface area contributed by atoms with Crippen molar-refractivity contribution in [3.63, 3.8) is 0 Å². The summed E-state index contributed by atoms with van der Waals surface area (Å²) >= 11 is 0. The van der Waals surface area contributed by atoms with Gasteiger partial charge in [0.2, 0.25) is 10.0 Å². The average molecular weight is 468 g/mol. The Morgan fingerprint density at radius 3 is 2.45 bits per heavy atom. The molecule has 2 aromatic carbocycles. The summed E-state index contributed by atoms with van der Waals surface area (Å²) in [6, 6.07) is 16.3. The van der Waals surface area contributed by atoms with Gasteiger partial charge in [0.05, 0.1) is 17.7 Å². The number of rotatable bonds is 4. The number of hydrogen-bond donors (Lipinski definition) is 1. The Morgan fingerprint density at radius 2 is 1.82 bits per heavy atom. The van der Waals surface area contributed by atoms with E-state index in [2.05, 4.69) is 25.5 Å². The zero-order valence-corrected chi connectivity index (χ0v) is 19.8. The predicted molar refractivity (Wildman–Crippen MR) is 125 cm³/mol. The number of nitrogens with one attached hydrogen (secondary N) is 1. The van der Waals surface area contributed by atoms with Gasteiger partial charge in [0, 0.05) is 0 Å². The van der Waals surface area contributed by atoms with Crippen LogP contribution in [0.5, 0.6) is 0 Å². The van der Waals surface area contributed by atoms with Crippen LogP contribution >= 0.6 is 0 Å². The van der Waals surface area contributed by atoms with Crippen molar-refractivity contribution in [3.05, 3.63) is 83.4 Å². The smallest absolute Gasteiger partial charge is 0.338 e. The van der Waals surface area contributed by atoms with E-state index in [0.717, 1.165) is 11.1 Å². The second-order valence-electron chi connectivity index (χ2n) is 10.2. The van der Waals surface area contributed by atoms with E-state index >= 15 is 0 Å². The fraction of sp³-hybridized carbons (Fsp3) is 0.423. The molecule has 1 spiro atoms. The van der Waals surface area contributed by atoms with Crippen molar-refractivity contribution in [1.82, 2.24) is 4.72 Å². The highest BCUT2D eigenvalue weighted by atomic mass is 32.2. The Kier molecular flexibility index (Phi) is 5.27. The first-order valence-corrected chi connectivity index (χ1v) is 12.9. The fourth-order valence-electron chi connectivity index (χ4n) is 5.17. The largest absolute Gasteiger partial charge is 0.454 e. The molecule has 3 aliphatic heterocycles. The molecule has 0 radical (unpaired) electrons. The van der Waals surface area contributed by atoms with Crippen LogP contribution in [0.25, 0.3) is 0 Å². The monoisotopic (exact) mass is 467 g/mol. The molecule has 33 heavy (non-hydrogen) atoms. The lowest BCUT2D eigenvalue weighted by atomic mass is 9.83. The molecule has 3 aliphatic rings. The minimum absolute atomic E-state index is 0.0294. The molecular weight excluding hydrogens is 438 g/mol. The molecule has 2 bridgehead atoms. The molecule has 0 aromatic heterocycles. The number of esters is 1. The predicted octanol–water partition coefficient (Wildman–Crippen LogP) is 3.52. The molecule has 0 amide bonds. The second-order valence-corrected chi connectivity index (χ2v) is 12.1. The van der Waals surface area contributed by atoms with E-state index in [4.69, 9.17) is 9.47 Å². The third-order valence-corrected chi connectivity index (χ3v) is 8.84. The summed E-state index contributed by atoms with van der Waals surface area (Å²) in [4.78, 5) is 13.2. The van der Waals surface area contributed by atoms with Gasteiger partial charge in [0.15, 0.2) is 6.10 Å². The third kappa shape index (κ3) is 3.92. The number of ether oxygens (including phenoxy) is 2. The van der Waals surface area contributed by atoms with Crippen LogP contribution in [-0.2, 0) is 31.3 Å². The Morgan fingerprint density at radius 1 is 1.12 bits per heavy atom. The van der Waals surface area contributed by atoms with Gasteiger partial charge in [-0.05, 0) is 47.6 Å². The summed E-state index contributed by atoms with van der Waals surface area (Å²) < 4.78 is 41.3. The van der Waals surface area contributed by atoms with Crippen LogP contribution < -0.4 is 4.72 Å².